The van der Waals surface area contributed by atoms with E-state index in [2.05, 4.69) is 17.1 Å². The van der Waals surface area contributed by atoms with Gasteiger partial charge in [0.2, 0.25) is 5.91 Å². The number of H-pyrrole nitrogens is 1. The number of nitrogen functional groups attached to an aromatic ring is 1. The first-order valence-corrected chi connectivity index (χ1v) is 6.19. The molecular weight excluding hydrogens is 238 g/mol. The molecule has 0 aliphatic heterocycles. The van der Waals surface area contributed by atoms with E-state index in [1.165, 1.54) is 5.56 Å². The number of nitrogens with two attached hydrogens (primary N) is 2. The monoisotopic (exact) mass is 253 g/mol. The van der Waals surface area contributed by atoms with E-state index in [-0.39, 0.29) is 12.3 Å². The number of aromatic nitrogens is 1. The van der Waals surface area contributed by atoms with Gasteiger partial charge in [-0.25, -0.2) is 0 Å². The number of carbonyl (C=O) groups is 1. The third-order valence-electron chi connectivity index (χ3n) is 3.37. The Labute approximate surface area is 110 Å². The number of nitrogens with one attached hydrogen (secondary N) is 1. The van der Waals surface area contributed by atoms with Crippen molar-refractivity contribution in [3.8, 4) is 0 Å². The lowest BCUT2D eigenvalue weighted by Gasteiger charge is -1.97. The number of benzene rings is 1. The molecule has 0 atom stereocenters. The van der Waals surface area contributed by atoms with Gasteiger partial charge in [0.25, 0.3) is 0 Å². The molecule has 4 nitrogen and oxygen atoms in total. The molecule has 2 aromatic rings. The van der Waals surface area contributed by atoms with Crippen LogP contribution in [0.3, 0.4) is 0 Å². The molecule has 0 fully saturated rings. The molecule has 0 spiro atoms. The van der Waals surface area contributed by atoms with Gasteiger partial charge in [-0.1, -0.05) is 24.3 Å². The van der Waals surface area contributed by atoms with E-state index in [0.29, 0.717) is 0 Å². The van der Waals surface area contributed by atoms with Gasteiger partial charge in [0.05, 0.1) is 17.6 Å². The van der Waals surface area contributed by atoms with Crippen molar-refractivity contribution in [3.63, 3.8) is 0 Å². The average Bonchev–Trinajstić information content (AvgIpc) is 2.58. The molecule has 1 amide bonds. The van der Waals surface area contributed by atoms with Crippen LogP contribution in [0.5, 0.6) is 0 Å². The maximum atomic E-state index is 11.0. The van der Waals surface area contributed by atoms with Crippen molar-refractivity contribution in [1.29, 1.82) is 0 Å². The minimum Gasteiger partial charge on any atom is -0.397 e. The van der Waals surface area contributed by atoms with Crippen LogP contribution in [0.4, 0.5) is 5.69 Å². The topological polar surface area (TPSA) is 84.9 Å². The summed E-state index contributed by atoms with van der Waals surface area (Å²) in [4.78, 5) is 14.4. The van der Waals surface area contributed by atoms with E-state index in [1.54, 1.807) is 0 Å². The van der Waals surface area contributed by atoms with Gasteiger partial charge >= 0.3 is 0 Å². The first-order valence-electron chi connectivity index (χ1n) is 6.19. The Kier molecular flexibility index (Phi) is 2.63. The molecule has 0 unspecified atom stereocenters. The highest BCUT2D eigenvalue weighted by molar-refractivity contribution is 5.95. The number of aromatic amines is 1. The summed E-state index contributed by atoms with van der Waals surface area (Å²) >= 11 is 0. The molecule has 1 aliphatic rings. The van der Waals surface area contributed by atoms with Gasteiger partial charge in [0.15, 0.2) is 0 Å². The lowest BCUT2D eigenvalue weighted by atomic mass is 10.1. The Morgan fingerprint density at radius 1 is 1.37 bits per heavy atom. The molecule has 19 heavy (non-hydrogen) atoms. The SMILES string of the molecule is NC(=O)CC1=Cc2[nH]c3c(N)cccc3c2CC=C1. The van der Waals surface area contributed by atoms with Crippen LogP contribution < -0.4 is 11.5 Å². The van der Waals surface area contributed by atoms with Gasteiger partial charge in [0.1, 0.15) is 0 Å². The second-order valence-electron chi connectivity index (χ2n) is 4.76. The van der Waals surface area contributed by atoms with Gasteiger partial charge in [-0.3, -0.25) is 4.79 Å². The standard InChI is InChI=1S/C15H15N3O/c16-12-6-2-5-11-10-4-1-3-9(8-14(17)19)7-13(10)18-15(11)12/h1-3,5-7,18H,4,8,16H2,(H2,17,19). The Morgan fingerprint density at radius 3 is 3.00 bits per heavy atom. The zero-order valence-electron chi connectivity index (χ0n) is 10.4. The van der Waals surface area contributed by atoms with Gasteiger partial charge in [-0.05, 0) is 29.7 Å². The van der Waals surface area contributed by atoms with Crippen LogP contribution in [-0.4, -0.2) is 10.9 Å². The number of hydrogen-bond acceptors (Lipinski definition) is 2. The van der Waals surface area contributed by atoms with Crippen molar-refractivity contribution < 1.29 is 4.79 Å². The number of anilines is 1. The van der Waals surface area contributed by atoms with Crippen LogP contribution in [-0.2, 0) is 11.2 Å². The summed E-state index contributed by atoms with van der Waals surface area (Å²) in [6.45, 7) is 0. The molecule has 0 saturated carbocycles. The number of primary amides is 1. The summed E-state index contributed by atoms with van der Waals surface area (Å²) in [7, 11) is 0. The number of rotatable bonds is 2. The maximum Gasteiger partial charge on any atom is 0.221 e. The normalized spacial score (nSPS) is 14.0. The first-order chi connectivity index (χ1) is 9.15. The van der Waals surface area contributed by atoms with Crippen molar-refractivity contribution >= 4 is 28.6 Å². The third kappa shape index (κ3) is 2.01. The highest BCUT2D eigenvalue weighted by Gasteiger charge is 2.13. The largest absolute Gasteiger partial charge is 0.397 e. The van der Waals surface area contributed by atoms with E-state index in [0.717, 1.165) is 34.3 Å². The van der Waals surface area contributed by atoms with Gasteiger partial charge < -0.3 is 16.5 Å². The fraction of sp³-hybridized carbons (Fsp3) is 0.133. The average molecular weight is 253 g/mol. The summed E-state index contributed by atoms with van der Waals surface area (Å²) < 4.78 is 0. The molecule has 4 heteroatoms. The molecular formula is C15H15N3O. The fourth-order valence-corrected chi connectivity index (χ4v) is 2.53. The van der Waals surface area contributed by atoms with E-state index in [1.807, 2.05) is 24.3 Å². The number of para-hydroxylation sites is 1. The smallest absolute Gasteiger partial charge is 0.221 e. The highest BCUT2D eigenvalue weighted by Crippen LogP contribution is 2.30. The van der Waals surface area contributed by atoms with Crippen LogP contribution in [0, 0.1) is 0 Å². The van der Waals surface area contributed by atoms with Gasteiger partial charge in [-0.15, -0.1) is 0 Å². The molecule has 0 radical (unpaired) electrons. The second-order valence-corrected chi connectivity index (χ2v) is 4.76. The summed E-state index contributed by atoms with van der Waals surface area (Å²) in [5, 5.41) is 1.14. The molecule has 5 N–H and O–H groups in total. The van der Waals surface area contributed by atoms with Crippen LogP contribution in [0.15, 0.2) is 35.9 Å². The predicted molar refractivity (Wildman–Crippen MR) is 77.3 cm³/mol. The number of carbonyl (C=O) groups excluding carboxylic acids is 1. The summed E-state index contributed by atoms with van der Waals surface area (Å²) in [6.07, 6.45) is 7.05. The number of amides is 1. The molecule has 1 aromatic heterocycles. The van der Waals surface area contributed by atoms with Crippen LogP contribution >= 0.6 is 0 Å². The molecule has 1 heterocycles. The van der Waals surface area contributed by atoms with Crippen molar-refractivity contribution in [1.82, 2.24) is 4.98 Å². The lowest BCUT2D eigenvalue weighted by Crippen LogP contribution is -2.10. The predicted octanol–water partition coefficient (Wildman–Crippen LogP) is 2.12. The van der Waals surface area contributed by atoms with Crippen molar-refractivity contribution in [2.45, 2.75) is 12.8 Å². The molecule has 3 rings (SSSR count). The summed E-state index contributed by atoms with van der Waals surface area (Å²) in [6, 6.07) is 5.89. The summed E-state index contributed by atoms with van der Waals surface area (Å²) in [5.41, 5.74) is 16.0. The minimum absolute atomic E-state index is 0.251. The van der Waals surface area contributed by atoms with E-state index >= 15 is 0 Å². The summed E-state index contributed by atoms with van der Waals surface area (Å²) in [5.74, 6) is -0.324. The third-order valence-corrected chi connectivity index (χ3v) is 3.37. The zero-order valence-corrected chi connectivity index (χ0v) is 10.4. The van der Waals surface area contributed by atoms with Crippen LogP contribution in [0.1, 0.15) is 17.7 Å². The number of fused-ring (bicyclic) bond motifs is 3. The van der Waals surface area contributed by atoms with Crippen molar-refractivity contribution in [2.24, 2.45) is 5.73 Å². The fourth-order valence-electron chi connectivity index (χ4n) is 2.53. The highest BCUT2D eigenvalue weighted by atomic mass is 16.1. The molecule has 1 aliphatic carbocycles. The lowest BCUT2D eigenvalue weighted by molar-refractivity contribution is -0.117. The van der Waals surface area contributed by atoms with Crippen LogP contribution in [0.25, 0.3) is 17.0 Å². The van der Waals surface area contributed by atoms with E-state index in [9.17, 15) is 4.79 Å². The molecule has 1 aromatic carbocycles. The molecule has 0 saturated heterocycles. The number of allylic oxidation sites excluding steroid dienone is 2. The van der Waals surface area contributed by atoms with E-state index in [4.69, 9.17) is 11.5 Å². The second kappa shape index (κ2) is 4.31. The van der Waals surface area contributed by atoms with Gasteiger partial charge in [0, 0.05) is 11.1 Å². The quantitative estimate of drug-likeness (QED) is 0.716. The molecule has 96 valence electrons. The maximum absolute atomic E-state index is 11.0. The zero-order chi connectivity index (χ0) is 13.4. The first kappa shape index (κ1) is 11.6. The Balaban J connectivity index is 2.17. The van der Waals surface area contributed by atoms with Crippen molar-refractivity contribution in [2.75, 3.05) is 5.73 Å². The molecule has 0 bridgehead atoms. The Morgan fingerprint density at radius 2 is 2.21 bits per heavy atom. The number of hydrogen-bond donors (Lipinski definition) is 3. The Bertz CT molecular complexity index is 722. The van der Waals surface area contributed by atoms with Crippen molar-refractivity contribution in [3.05, 3.63) is 47.2 Å². The van der Waals surface area contributed by atoms with E-state index < -0.39 is 0 Å². The van der Waals surface area contributed by atoms with Gasteiger partial charge in [-0.2, -0.15) is 0 Å². The van der Waals surface area contributed by atoms with Crippen LogP contribution in [0.2, 0.25) is 0 Å². The minimum atomic E-state index is -0.324. The Hall–Kier alpha value is -2.49.